The van der Waals surface area contributed by atoms with Crippen LogP contribution >= 0.6 is 0 Å². The van der Waals surface area contributed by atoms with E-state index in [1.165, 1.54) is 19.3 Å². The van der Waals surface area contributed by atoms with E-state index in [1.807, 2.05) is 24.3 Å². The molecule has 1 aromatic carbocycles. The Morgan fingerprint density at radius 2 is 1.76 bits per heavy atom. The number of carbonyl (C=O) groups is 1. The third-order valence-corrected chi connectivity index (χ3v) is 4.84. The van der Waals surface area contributed by atoms with Gasteiger partial charge in [0.1, 0.15) is 0 Å². The highest BCUT2D eigenvalue weighted by Crippen LogP contribution is 2.30. The topological polar surface area (TPSA) is 41.1 Å². The van der Waals surface area contributed by atoms with E-state index in [-0.39, 0.29) is 5.91 Å². The lowest BCUT2D eigenvalue weighted by Gasteiger charge is -2.33. The van der Waals surface area contributed by atoms with Crippen LogP contribution in [0.25, 0.3) is 0 Å². The van der Waals surface area contributed by atoms with Gasteiger partial charge >= 0.3 is 0 Å². The first-order chi connectivity index (χ1) is 10.1. The van der Waals surface area contributed by atoms with E-state index in [0.29, 0.717) is 18.0 Å². The Bertz CT molecular complexity index is 492. The van der Waals surface area contributed by atoms with Crippen molar-refractivity contribution in [1.29, 1.82) is 0 Å². The molecular weight excluding hydrogens is 260 g/mol. The zero-order valence-corrected chi connectivity index (χ0v) is 13.1. The lowest BCUT2D eigenvalue weighted by Crippen LogP contribution is -2.33. The summed E-state index contributed by atoms with van der Waals surface area (Å²) >= 11 is 0. The van der Waals surface area contributed by atoms with Gasteiger partial charge in [0.25, 0.3) is 5.91 Å². The van der Waals surface area contributed by atoms with Gasteiger partial charge in [-0.05, 0) is 68.2 Å². The van der Waals surface area contributed by atoms with Gasteiger partial charge in [-0.3, -0.25) is 4.79 Å². The molecule has 21 heavy (non-hydrogen) atoms. The van der Waals surface area contributed by atoms with Crippen LogP contribution in [0.3, 0.4) is 0 Å². The second-order valence-corrected chi connectivity index (χ2v) is 6.97. The summed E-state index contributed by atoms with van der Waals surface area (Å²) in [5.74, 6) is 1.63. The van der Waals surface area contributed by atoms with Crippen molar-refractivity contribution in [3.05, 3.63) is 29.8 Å². The Kier molecular flexibility index (Phi) is 4.18. The van der Waals surface area contributed by atoms with Gasteiger partial charge in [0.15, 0.2) is 0 Å². The minimum absolute atomic E-state index is 0.0592. The maximum Gasteiger partial charge on any atom is 0.251 e. The average molecular weight is 286 g/mol. The number of hydrogen-bond acceptors (Lipinski definition) is 2. The maximum absolute atomic E-state index is 12.0. The van der Waals surface area contributed by atoms with Gasteiger partial charge in [-0.1, -0.05) is 13.8 Å². The number of amides is 1. The number of anilines is 1. The Morgan fingerprint density at radius 3 is 2.38 bits per heavy atom. The van der Waals surface area contributed by atoms with Crippen LogP contribution in [0.5, 0.6) is 0 Å². The molecule has 0 aromatic heterocycles. The highest BCUT2D eigenvalue weighted by Gasteiger charge is 2.25. The van der Waals surface area contributed by atoms with Crippen LogP contribution in [0, 0.1) is 11.8 Å². The molecule has 3 nitrogen and oxygen atoms in total. The summed E-state index contributed by atoms with van der Waals surface area (Å²) < 4.78 is 0. The molecule has 3 heteroatoms. The van der Waals surface area contributed by atoms with E-state index in [9.17, 15) is 4.79 Å². The molecule has 0 spiro atoms. The number of benzene rings is 1. The van der Waals surface area contributed by atoms with Crippen LogP contribution in [-0.4, -0.2) is 18.0 Å². The molecule has 3 rings (SSSR count). The van der Waals surface area contributed by atoms with E-state index in [2.05, 4.69) is 24.5 Å². The molecule has 3 atom stereocenters. The average Bonchev–Trinajstić information content (AvgIpc) is 3.26. The van der Waals surface area contributed by atoms with Crippen molar-refractivity contribution in [3.8, 4) is 0 Å². The quantitative estimate of drug-likeness (QED) is 0.883. The Labute approximate surface area is 127 Å². The zero-order valence-electron chi connectivity index (χ0n) is 13.1. The summed E-state index contributed by atoms with van der Waals surface area (Å²) in [5, 5.41) is 6.66. The van der Waals surface area contributed by atoms with Crippen LogP contribution in [0.2, 0.25) is 0 Å². The molecule has 0 radical (unpaired) electrons. The van der Waals surface area contributed by atoms with Gasteiger partial charge in [0.2, 0.25) is 0 Å². The molecule has 0 aliphatic heterocycles. The van der Waals surface area contributed by atoms with Crippen molar-refractivity contribution in [2.45, 2.75) is 58.0 Å². The molecule has 2 aliphatic carbocycles. The van der Waals surface area contributed by atoms with Crippen LogP contribution in [0.1, 0.15) is 56.3 Å². The van der Waals surface area contributed by atoms with Crippen molar-refractivity contribution in [2.24, 2.45) is 11.8 Å². The van der Waals surface area contributed by atoms with Crippen LogP contribution in [0.4, 0.5) is 5.69 Å². The van der Waals surface area contributed by atoms with Gasteiger partial charge in [-0.2, -0.15) is 0 Å². The summed E-state index contributed by atoms with van der Waals surface area (Å²) in [6.45, 7) is 4.69. The van der Waals surface area contributed by atoms with Crippen LogP contribution < -0.4 is 10.6 Å². The lowest BCUT2D eigenvalue weighted by atomic mass is 9.80. The number of carbonyl (C=O) groups excluding carboxylic acids is 1. The first-order valence-electron chi connectivity index (χ1n) is 8.29. The zero-order chi connectivity index (χ0) is 14.8. The van der Waals surface area contributed by atoms with E-state index >= 15 is 0 Å². The fourth-order valence-corrected chi connectivity index (χ4v) is 3.31. The predicted octanol–water partition coefficient (Wildman–Crippen LogP) is 3.82. The molecule has 1 amide bonds. The highest BCUT2D eigenvalue weighted by molar-refractivity contribution is 5.94. The van der Waals surface area contributed by atoms with Crippen molar-refractivity contribution in [1.82, 2.24) is 5.32 Å². The van der Waals surface area contributed by atoms with Crippen LogP contribution in [0.15, 0.2) is 24.3 Å². The molecule has 1 aromatic rings. The smallest absolute Gasteiger partial charge is 0.251 e. The van der Waals surface area contributed by atoms with E-state index in [1.54, 1.807) is 0 Å². The summed E-state index contributed by atoms with van der Waals surface area (Å²) in [6.07, 6.45) is 6.11. The molecule has 2 saturated carbocycles. The van der Waals surface area contributed by atoms with Gasteiger partial charge < -0.3 is 10.6 Å². The summed E-state index contributed by atoms with van der Waals surface area (Å²) in [4.78, 5) is 12.0. The van der Waals surface area contributed by atoms with Crippen LogP contribution in [-0.2, 0) is 0 Å². The maximum atomic E-state index is 12.0. The van der Waals surface area contributed by atoms with E-state index in [4.69, 9.17) is 0 Å². The standard InChI is InChI=1S/C18H26N2O/c1-12-3-10-17(13(2)11-12)19-15-6-4-14(5-7-15)18(21)20-16-8-9-16/h4-7,12-13,16-17,19H,3,8-11H2,1-2H3,(H,20,21). The SMILES string of the molecule is CC1CCC(Nc2ccc(C(=O)NC3CC3)cc2)C(C)C1. The highest BCUT2D eigenvalue weighted by atomic mass is 16.1. The van der Waals surface area contributed by atoms with Crippen molar-refractivity contribution in [2.75, 3.05) is 5.32 Å². The number of nitrogens with one attached hydrogen (secondary N) is 2. The predicted molar refractivity (Wildman–Crippen MR) is 86.5 cm³/mol. The Balaban J connectivity index is 1.57. The van der Waals surface area contributed by atoms with Gasteiger partial charge in [-0.25, -0.2) is 0 Å². The molecule has 0 heterocycles. The van der Waals surface area contributed by atoms with E-state index < -0.39 is 0 Å². The summed E-state index contributed by atoms with van der Waals surface area (Å²) in [7, 11) is 0. The largest absolute Gasteiger partial charge is 0.382 e. The molecule has 114 valence electrons. The lowest BCUT2D eigenvalue weighted by molar-refractivity contribution is 0.0951. The summed E-state index contributed by atoms with van der Waals surface area (Å²) in [5.41, 5.74) is 1.89. The minimum Gasteiger partial charge on any atom is -0.382 e. The van der Waals surface area contributed by atoms with Crippen molar-refractivity contribution in [3.63, 3.8) is 0 Å². The van der Waals surface area contributed by atoms with Gasteiger partial charge in [-0.15, -0.1) is 0 Å². The fourth-order valence-electron chi connectivity index (χ4n) is 3.31. The third kappa shape index (κ3) is 3.78. The monoisotopic (exact) mass is 286 g/mol. The fraction of sp³-hybridized carbons (Fsp3) is 0.611. The second kappa shape index (κ2) is 6.08. The minimum atomic E-state index is 0.0592. The molecule has 3 unspecified atom stereocenters. The first-order valence-corrected chi connectivity index (χ1v) is 8.29. The first kappa shape index (κ1) is 14.4. The molecule has 2 N–H and O–H groups in total. The molecule has 2 aliphatic rings. The van der Waals surface area contributed by atoms with Gasteiger partial charge in [0, 0.05) is 23.3 Å². The Morgan fingerprint density at radius 1 is 1.05 bits per heavy atom. The Hall–Kier alpha value is -1.51. The second-order valence-electron chi connectivity index (χ2n) is 6.97. The molecule has 0 saturated heterocycles. The van der Waals surface area contributed by atoms with Crippen molar-refractivity contribution < 1.29 is 4.79 Å². The molecule has 2 fully saturated rings. The number of rotatable bonds is 4. The van der Waals surface area contributed by atoms with Crippen molar-refractivity contribution >= 4 is 11.6 Å². The van der Waals surface area contributed by atoms with E-state index in [0.717, 1.165) is 30.0 Å². The third-order valence-electron chi connectivity index (χ3n) is 4.84. The number of hydrogen-bond donors (Lipinski definition) is 2. The normalized spacial score (nSPS) is 29.0. The molecule has 0 bridgehead atoms. The molecular formula is C18H26N2O. The summed E-state index contributed by atoms with van der Waals surface area (Å²) in [6, 6.07) is 8.90. The van der Waals surface area contributed by atoms with Gasteiger partial charge in [0.05, 0.1) is 0 Å².